The maximum Gasteiger partial charge on any atom is 0.127 e. The van der Waals surface area contributed by atoms with E-state index in [2.05, 4.69) is 23.8 Å². The van der Waals surface area contributed by atoms with Crippen LogP contribution >= 0.6 is 0 Å². The standard InChI is InChI=1S/C17H28FN3/c1-14(17(19)15-7-3-4-8-16(15)18)13-20(2)11-12-21-9-5-6-10-21/h3-4,7-8,14,17H,5-6,9-13,19H2,1-2H3. The number of nitrogens with two attached hydrogens (primary N) is 1. The van der Waals surface area contributed by atoms with Gasteiger partial charge in [0.25, 0.3) is 0 Å². The van der Waals surface area contributed by atoms with Crippen LogP contribution in [0.4, 0.5) is 4.39 Å². The summed E-state index contributed by atoms with van der Waals surface area (Å²) in [5.41, 5.74) is 6.85. The van der Waals surface area contributed by atoms with Crippen molar-refractivity contribution in [3.63, 3.8) is 0 Å². The highest BCUT2D eigenvalue weighted by Gasteiger charge is 2.20. The molecule has 0 radical (unpaired) electrons. The van der Waals surface area contributed by atoms with Crippen molar-refractivity contribution in [2.45, 2.75) is 25.8 Å². The van der Waals surface area contributed by atoms with Gasteiger partial charge in [0.15, 0.2) is 0 Å². The average Bonchev–Trinajstić information content (AvgIpc) is 2.98. The predicted molar refractivity (Wildman–Crippen MR) is 85.7 cm³/mol. The van der Waals surface area contributed by atoms with Crippen LogP contribution in [0.15, 0.2) is 24.3 Å². The van der Waals surface area contributed by atoms with Crippen molar-refractivity contribution < 1.29 is 4.39 Å². The molecule has 0 spiro atoms. The number of halogens is 1. The zero-order valence-corrected chi connectivity index (χ0v) is 13.3. The van der Waals surface area contributed by atoms with Crippen molar-refractivity contribution in [1.82, 2.24) is 9.80 Å². The van der Waals surface area contributed by atoms with Crippen LogP contribution in [-0.4, -0.2) is 49.6 Å². The third-order valence-electron chi connectivity index (χ3n) is 4.47. The van der Waals surface area contributed by atoms with E-state index in [4.69, 9.17) is 5.73 Å². The molecule has 1 heterocycles. The molecule has 1 fully saturated rings. The summed E-state index contributed by atoms with van der Waals surface area (Å²) in [6.45, 7) is 7.63. The van der Waals surface area contributed by atoms with Gasteiger partial charge in [-0.25, -0.2) is 4.39 Å². The van der Waals surface area contributed by atoms with Crippen LogP contribution in [0, 0.1) is 11.7 Å². The van der Waals surface area contributed by atoms with Gasteiger partial charge in [-0.2, -0.15) is 0 Å². The van der Waals surface area contributed by atoms with Crippen molar-refractivity contribution in [1.29, 1.82) is 0 Å². The van der Waals surface area contributed by atoms with Gasteiger partial charge in [0.1, 0.15) is 5.82 Å². The zero-order valence-electron chi connectivity index (χ0n) is 13.3. The normalized spacial score (nSPS) is 19.1. The van der Waals surface area contributed by atoms with Crippen LogP contribution in [0.5, 0.6) is 0 Å². The van der Waals surface area contributed by atoms with Gasteiger partial charge < -0.3 is 15.5 Å². The topological polar surface area (TPSA) is 32.5 Å². The third kappa shape index (κ3) is 4.77. The molecule has 1 aliphatic rings. The van der Waals surface area contributed by atoms with E-state index in [0.717, 1.165) is 19.6 Å². The predicted octanol–water partition coefficient (Wildman–Crippen LogP) is 2.49. The van der Waals surface area contributed by atoms with Gasteiger partial charge >= 0.3 is 0 Å². The van der Waals surface area contributed by atoms with Gasteiger partial charge in [0.05, 0.1) is 0 Å². The first-order valence-electron chi connectivity index (χ1n) is 7.99. The Morgan fingerprint density at radius 3 is 2.62 bits per heavy atom. The fourth-order valence-electron chi connectivity index (χ4n) is 3.07. The summed E-state index contributed by atoms with van der Waals surface area (Å²) < 4.78 is 13.8. The number of nitrogens with zero attached hydrogens (tertiary/aromatic N) is 2. The van der Waals surface area contributed by atoms with Gasteiger partial charge in [-0.05, 0) is 45.0 Å². The summed E-state index contributed by atoms with van der Waals surface area (Å²) in [4.78, 5) is 4.82. The van der Waals surface area contributed by atoms with E-state index in [1.807, 2.05) is 6.07 Å². The van der Waals surface area contributed by atoms with Gasteiger partial charge in [0, 0.05) is 31.2 Å². The number of benzene rings is 1. The Labute approximate surface area is 127 Å². The summed E-state index contributed by atoms with van der Waals surface area (Å²) in [7, 11) is 2.13. The number of rotatable bonds is 7. The second kappa shape index (κ2) is 7.87. The summed E-state index contributed by atoms with van der Waals surface area (Å²) in [5.74, 6) is 0.0297. The van der Waals surface area contributed by atoms with E-state index < -0.39 is 0 Å². The lowest BCUT2D eigenvalue weighted by Crippen LogP contribution is -2.36. The highest BCUT2D eigenvalue weighted by atomic mass is 19.1. The Morgan fingerprint density at radius 1 is 1.29 bits per heavy atom. The average molecular weight is 293 g/mol. The Morgan fingerprint density at radius 2 is 1.95 bits per heavy atom. The third-order valence-corrected chi connectivity index (χ3v) is 4.47. The van der Waals surface area contributed by atoms with E-state index in [9.17, 15) is 4.39 Å². The lowest BCUT2D eigenvalue weighted by Gasteiger charge is -2.27. The lowest BCUT2D eigenvalue weighted by molar-refractivity contribution is 0.223. The van der Waals surface area contributed by atoms with E-state index in [-0.39, 0.29) is 17.8 Å². The monoisotopic (exact) mass is 293 g/mol. The van der Waals surface area contributed by atoms with E-state index in [0.29, 0.717) is 5.56 Å². The molecule has 0 amide bonds. The van der Waals surface area contributed by atoms with Crippen LogP contribution in [0.3, 0.4) is 0 Å². The lowest BCUT2D eigenvalue weighted by atomic mass is 9.94. The van der Waals surface area contributed by atoms with Crippen molar-refractivity contribution >= 4 is 0 Å². The number of likely N-dealkylation sites (tertiary alicyclic amines) is 1. The van der Waals surface area contributed by atoms with Crippen molar-refractivity contribution in [3.05, 3.63) is 35.6 Å². The molecule has 0 aromatic heterocycles. The van der Waals surface area contributed by atoms with E-state index in [1.54, 1.807) is 12.1 Å². The molecule has 1 aliphatic heterocycles. The molecule has 2 N–H and O–H groups in total. The van der Waals surface area contributed by atoms with Crippen molar-refractivity contribution in [2.24, 2.45) is 11.7 Å². The van der Waals surface area contributed by atoms with Crippen LogP contribution in [-0.2, 0) is 0 Å². The number of hydrogen-bond acceptors (Lipinski definition) is 3. The molecule has 2 atom stereocenters. The minimum atomic E-state index is -0.250. The summed E-state index contributed by atoms with van der Waals surface area (Å²) in [5, 5.41) is 0. The molecular weight excluding hydrogens is 265 g/mol. The SMILES string of the molecule is CC(CN(C)CCN1CCCC1)C(N)c1ccccc1F. The molecule has 2 unspecified atom stereocenters. The Kier molecular flexibility index (Phi) is 6.15. The fourth-order valence-corrected chi connectivity index (χ4v) is 3.07. The Balaban J connectivity index is 1.79. The van der Waals surface area contributed by atoms with E-state index in [1.165, 1.54) is 32.0 Å². The van der Waals surface area contributed by atoms with Crippen LogP contribution < -0.4 is 5.73 Å². The smallest absolute Gasteiger partial charge is 0.127 e. The van der Waals surface area contributed by atoms with Gasteiger partial charge in [-0.3, -0.25) is 0 Å². The number of likely N-dealkylation sites (N-methyl/N-ethyl adjacent to an activating group) is 1. The fraction of sp³-hybridized carbons (Fsp3) is 0.647. The highest BCUT2D eigenvalue weighted by molar-refractivity contribution is 5.21. The van der Waals surface area contributed by atoms with Crippen LogP contribution in [0.1, 0.15) is 31.4 Å². The molecule has 0 bridgehead atoms. The Bertz CT molecular complexity index is 432. The molecule has 4 heteroatoms. The minimum absolute atomic E-state index is 0.198. The molecule has 118 valence electrons. The van der Waals surface area contributed by atoms with Gasteiger partial charge in [-0.15, -0.1) is 0 Å². The molecular formula is C17H28FN3. The first-order valence-corrected chi connectivity index (χ1v) is 7.99. The summed E-state index contributed by atoms with van der Waals surface area (Å²) in [6, 6.07) is 6.58. The second-order valence-corrected chi connectivity index (χ2v) is 6.34. The second-order valence-electron chi connectivity index (χ2n) is 6.34. The quantitative estimate of drug-likeness (QED) is 0.838. The van der Waals surface area contributed by atoms with E-state index >= 15 is 0 Å². The molecule has 1 saturated heterocycles. The van der Waals surface area contributed by atoms with Gasteiger partial charge in [0.2, 0.25) is 0 Å². The first kappa shape index (κ1) is 16.4. The summed E-state index contributed by atoms with van der Waals surface area (Å²) in [6.07, 6.45) is 2.66. The van der Waals surface area contributed by atoms with Crippen LogP contribution in [0.25, 0.3) is 0 Å². The molecule has 2 rings (SSSR count). The summed E-state index contributed by atoms with van der Waals surface area (Å²) >= 11 is 0. The largest absolute Gasteiger partial charge is 0.324 e. The molecule has 1 aromatic carbocycles. The molecule has 0 saturated carbocycles. The van der Waals surface area contributed by atoms with Crippen LogP contribution in [0.2, 0.25) is 0 Å². The maximum absolute atomic E-state index is 13.8. The minimum Gasteiger partial charge on any atom is -0.324 e. The zero-order chi connectivity index (χ0) is 15.2. The highest BCUT2D eigenvalue weighted by Crippen LogP contribution is 2.22. The first-order chi connectivity index (χ1) is 10.1. The number of hydrogen-bond donors (Lipinski definition) is 1. The molecule has 0 aliphatic carbocycles. The van der Waals surface area contributed by atoms with Gasteiger partial charge in [-0.1, -0.05) is 25.1 Å². The molecule has 3 nitrogen and oxygen atoms in total. The molecule has 21 heavy (non-hydrogen) atoms. The maximum atomic E-state index is 13.8. The molecule has 1 aromatic rings. The van der Waals surface area contributed by atoms with Crippen molar-refractivity contribution in [3.8, 4) is 0 Å². The van der Waals surface area contributed by atoms with Crippen molar-refractivity contribution in [2.75, 3.05) is 39.8 Å². The Hall–Kier alpha value is -0.970.